The smallest absolute Gasteiger partial charge is 0.319 e. The molecular weight excluding hydrogens is 264 g/mol. The third-order valence-corrected chi connectivity index (χ3v) is 2.73. The van der Waals surface area contributed by atoms with Gasteiger partial charge in [0.1, 0.15) is 5.82 Å². The summed E-state index contributed by atoms with van der Waals surface area (Å²) in [6.45, 7) is 5.86. The zero-order valence-electron chi connectivity index (χ0n) is 12.5. The summed E-state index contributed by atoms with van der Waals surface area (Å²) in [5, 5.41) is 8.71. The second-order valence-electron chi connectivity index (χ2n) is 5.18. The van der Waals surface area contributed by atoms with Crippen LogP contribution in [0.1, 0.15) is 19.4 Å². The molecule has 2 aromatic rings. The van der Waals surface area contributed by atoms with E-state index in [2.05, 4.69) is 20.9 Å². The van der Waals surface area contributed by atoms with E-state index in [0.717, 1.165) is 11.5 Å². The van der Waals surface area contributed by atoms with Crippen molar-refractivity contribution in [2.24, 2.45) is 0 Å². The van der Waals surface area contributed by atoms with Gasteiger partial charge < -0.3 is 16.0 Å². The van der Waals surface area contributed by atoms with Crippen LogP contribution in [0.15, 0.2) is 42.6 Å². The molecule has 21 heavy (non-hydrogen) atoms. The summed E-state index contributed by atoms with van der Waals surface area (Å²) in [5.74, 6) is 0.732. The predicted molar refractivity (Wildman–Crippen MR) is 86.0 cm³/mol. The number of amides is 2. The van der Waals surface area contributed by atoms with Gasteiger partial charge in [0, 0.05) is 11.7 Å². The van der Waals surface area contributed by atoms with Gasteiger partial charge in [-0.2, -0.15) is 0 Å². The number of nitrogens with one attached hydrogen (secondary N) is 3. The average Bonchev–Trinajstić information content (AvgIpc) is 2.40. The van der Waals surface area contributed by atoms with E-state index in [1.165, 1.54) is 5.56 Å². The molecule has 0 radical (unpaired) electrons. The van der Waals surface area contributed by atoms with Crippen LogP contribution in [0.2, 0.25) is 0 Å². The number of pyridine rings is 1. The average molecular weight is 284 g/mol. The number of nitrogens with zero attached hydrogens (tertiary/aromatic N) is 1. The van der Waals surface area contributed by atoms with Crippen molar-refractivity contribution < 1.29 is 4.79 Å². The van der Waals surface area contributed by atoms with Gasteiger partial charge in [-0.25, -0.2) is 9.78 Å². The fourth-order valence-electron chi connectivity index (χ4n) is 1.84. The molecule has 0 spiro atoms. The molecule has 1 aromatic carbocycles. The largest absolute Gasteiger partial charge is 0.340 e. The first-order valence-electron chi connectivity index (χ1n) is 6.90. The van der Waals surface area contributed by atoms with Crippen molar-refractivity contribution in [3.05, 3.63) is 48.2 Å². The molecule has 0 aliphatic carbocycles. The molecule has 110 valence electrons. The molecule has 5 nitrogen and oxygen atoms in total. The fourth-order valence-corrected chi connectivity index (χ4v) is 1.84. The highest BCUT2D eigenvalue weighted by Crippen LogP contribution is 2.17. The normalized spacial score (nSPS) is 10.3. The molecule has 2 amide bonds. The van der Waals surface area contributed by atoms with Crippen LogP contribution in [0, 0.1) is 6.92 Å². The number of aryl methyl sites for hydroxylation is 1. The van der Waals surface area contributed by atoms with Crippen LogP contribution in [0.25, 0.3) is 0 Å². The minimum absolute atomic E-state index is 0.0974. The molecule has 0 atom stereocenters. The third-order valence-electron chi connectivity index (χ3n) is 2.73. The maximum absolute atomic E-state index is 11.6. The molecule has 1 aromatic heterocycles. The van der Waals surface area contributed by atoms with Crippen LogP contribution >= 0.6 is 0 Å². The topological polar surface area (TPSA) is 66.0 Å². The lowest BCUT2D eigenvalue weighted by Crippen LogP contribution is -2.34. The minimum atomic E-state index is -0.230. The molecule has 2 rings (SSSR count). The Hall–Kier alpha value is -2.56. The Morgan fingerprint density at radius 3 is 2.57 bits per heavy atom. The first kappa shape index (κ1) is 14.8. The molecule has 3 N–H and O–H groups in total. The van der Waals surface area contributed by atoms with Crippen molar-refractivity contribution in [2.45, 2.75) is 26.8 Å². The summed E-state index contributed by atoms with van der Waals surface area (Å²) in [5.41, 5.74) is 2.83. The first-order valence-corrected chi connectivity index (χ1v) is 6.90. The van der Waals surface area contributed by atoms with Gasteiger partial charge in [0.2, 0.25) is 0 Å². The number of anilines is 3. The second kappa shape index (κ2) is 6.74. The molecule has 1 heterocycles. The van der Waals surface area contributed by atoms with Crippen molar-refractivity contribution >= 4 is 23.2 Å². The van der Waals surface area contributed by atoms with E-state index in [0.29, 0.717) is 5.69 Å². The molecule has 0 aliphatic heterocycles. The Morgan fingerprint density at radius 1 is 1.14 bits per heavy atom. The van der Waals surface area contributed by atoms with Crippen LogP contribution in [0.5, 0.6) is 0 Å². The molecule has 0 saturated heterocycles. The van der Waals surface area contributed by atoms with E-state index in [-0.39, 0.29) is 12.1 Å². The SMILES string of the molecule is Cc1cccc(Nc2ccc(NC(=O)NC(C)C)cn2)c1. The van der Waals surface area contributed by atoms with Gasteiger partial charge in [-0.3, -0.25) is 0 Å². The number of rotatable bonds is 4. The van der Waals surface area contributed by atoms with Gasteiger partial charge in [-0.05, 0) is 50.6 Å². The van der Waals surface area contributed by atoms with Gasteiger partial charge in [0.25, 0.3) is 0 Å². The van der Waals surface area contributed by atoms with Crippen molar-refractivity contribution in [1.82, 2.24) is 10.3 Å². The number of carbonyl (C=O) groups is 1. The Kier molecular flexibility index (Phi) is 4.77. The van der Waals surface area contributed by atoms with E-state index in [1.807, 2.05) is 57.2 Å². The Bertz CT molecular complexity index is 608. The van der Waals surface area contributed by atoms with Crippen LogP contribution in [0.4, 0.5) is 22.0 Å². The number of carbonyl (C=O) groups excluding carboxylic acids is 1. The maximum atomic E-state index is 11.6. The number of benzene rings is 1. The summed E-state index contributed by atoms with van der Waals surface area (Å²) in [6.07, 6.45) is 1.62. The van der Waals surface area contributed by atoms with Crippen LogP contribution in [-0.4, -0.2) is 17.1 Å². The highest BCUT2D eigenvalue weighted by Gasteiger charge is 2.03. The van der Waals surface area contributed by atoms with Crippen LogP contribution in [0.3, 0.4) is 0 Å². The first-order chi connectivity index (χ1) is 10.0. The van der Waals surface area contributed by atoms with Gasteiger partial charge in [-0.1, -0.05) is 12.1 Å². The van der Waals surface area contributed by atoms with E-state index in [1.54, 1.807) is 6.20 Å². The lowest BCUT2D eigenvalue weighted by molar-refractivity contribution is 0.250. The van der Waals surface area contributed by atoms with Crippen LogP contribution < -0.4 is 16.0 Å². The van der Waals surface area contributed by atoms with Crippen molar-refractivity contribution in [3.8, 4) is 0 Å². The van der Waals surface area contributed by atoms with Crippen molar-refractivity contribution in [2.75, 3.05) is 10.6 Å². The highest BCUT2D eigenvalue weighted by molar-refractivity contribution is 5.89. The standard InChI is InChI=1S/C16H20N4O/c1-11(2)18-16(21)20-14-7-8-15(17-10-14)19-13-6-4-5-12(3)9-13/h4-11H,1-3H3,(H,17,19)(H2,18,20,21). The Balaban J connectivity index is 1.97. The molecule has 0 fully saturated rings. The summed E-state index contributed by atoms with van der Waals surface area (Å²) in [7, 11) is 0. The highest BCUT2D eigenvalue weighted by atomic mass is 16.2. The van der Waals surface area contributed by atoms with E-state index < -0.39 is 0 Å². The van der Waals surface area contributed by atoms with Gasteiger partial charge >= 0.3 is 6.03 Å². The predicted octanol–water partition coefficient (Wildman–Crippen LogP) is 3.66. The van der Waals surface area contributed by atoms with Crippen molar-refractivity contribution in [1.29, 1.82) is 0 Å². The van der Waals surface area contributed by atoms with Gasteiger partial charge in [0.15, 0.2) is 0 Å². The lowest BCUT2D eigenvalue weighted by Gasteiger charge is -2.11. The van der Waals surface area contributed by atoms with E-state index in [9.17, 15) is 4.79 Å². The van der Waals surface area contributed by atoms with E-state index in [4.69, 9.17) is 0 Å². The summed E-state index contributed by atoms with van der Waals surface area (Å²) in [6, 6.07) is 11.6. The lowest BCUT2D eigenvalue weighted by atomic mass is 10.2. The summed E-state index contributed by atoms with van der Waals surface area (Å²) in [4.78, 5) is 15.9. The third kappa shape index (κ3) is 4.80. The van der Waals surface area contributed by atoms with Crippen LogP contribution in [-0.2, 0) is 0 Å². The fraction of sp³-hybridized carbons (Fsp3) is 0.250. The summed E-state index contributed by atoms with van der Waals surface area (Å²) < 4.78 is 0. The second-order valence-corrected chi connectivity index (χ2v) is 5.18. The zero-order valence-corrected chi connectivity index (χ0v) is 12.5. The Morgan fingerprint density at radius 2 is 1.95 bits per heavy atom. The number of aromatic nitrogens is 1. The summed E-state index contributed by atoms with van der Waals surface area (Å²) >= 11 is 0. The van der Waals surface area contributed by atoms with Crippen molar-refractivity contribution in [3.63, 3.8) is 0 Å². The van der Waals surface area contributed by atoms with Gasteiger partial charge in [0.05, 0.1) is 11.9 Å². The zero-order chi connectivity index (χ0) is 15.2. The molecule has 0 aliphatic rings. The molecule has 0 bridgehead atoms. The molecule has 0 saturated carbocycles. The molecule has 5 heteroatoms. The van der Waals surface area contributed by atoms with Gasteiger partial charge in [-0.15, -0.1) is 0 Å². The number of hydrogen-bond acceptors (Lipinski definition) is 3. The monoisotopic (exact) mass is 284 g/mol. The minimum Gasteiger partial charge on any atom is -0.340 e. The number of hydrogen-bond donors (Lipinski definition) is 3. The maximum Gasteiger partial charge on any atom is 0.319 e. The Labute approximate surface area is 124 Å². The molecule has 0 unspecified atom stereocenters. The number of urea groups is 1. The van der Waals surface area contributed by atoms with E-state index >= 15 is 0 Å². The molecular formula is C16H20N4O. The quantitative estimate of drug-likeness (QED) is 0.802.